The van der Waals surface area contributed by atoms with Crippen LogP contribution < -0.4 is 14.8 Å². The maximum atomic E-state index is 13.8. The van der Waals surface area contributed by atoms with Crippen molar-refractivity contribution in [2.45, 2.75) is 53.6 Å². The summed E-state index contributed by atoms with van der Waals surface area (Å²) in [6, 6.07) is 13.9. The Morgan fingerprint density at radius 1 is 1.08 bits per heavy atom. The second kappa shape index (κ2) is 13.7. The van der Waals surface area contributed by atoms with Gasteiger partial charge in [-0.1, -0.05) is 0 Å². The molecule has 2 aromatic rings. The zero-order valence-corrected chi connectivity index (χ0v) is 27.1. The Bertz CT molecular complexity index is 1110. The van der Waals surface area contributed by atoms with Gasteiger partial charge < -0.3 is 0 Å². The van der Waals surface area contributed by atoms with Gasteiger partial charge >= 0.3 is 232 Å². The topological polar surface area (TPSA) is 102 Å². The second-order valence-corrected chi connectivity index (χ2v) is 24.4. The van der Waals surface area contributed by atoms with Crippen molar-refractivity contribution in [1.29, 1.82) is 0 Å². The molecule has 1 aliphatic rings. The number of benzene rings is 2. The van der Waals surface area contributed by atoms with Gasteiger partial charge in [0.1, 0.15) is 0 Å². The van der Waals surface area contributed by atoms with Gasteiger partial charge in [-0.25, -0.2) is 0 Å². The van der Waals surface area contributed by atoms with Crippen LogP contribution in [-0.4, -0.2) is 68.4 Å². The Hall–Kier alpha value is -1.05. The van der Waals surface area contributed by atoms with Crippen molar-refractivity contribution >= 4 is 52.5 Å². The molecule has 36 heavy (non-hydrogen) atoms. The molecule has 0 unspecified atom stereocenters. The molecule has 2 N–H and O–H groups in total. The summed E-state index contributed by atoms with van der Waals surface area (Å²) in [7, 11) is -3.62. The summed E-state index contributed by atoms with van der Waals surface area (Å²) in [4.78, 5) is 15.3. The van der Waals surface area contributed by atoms with Crippen LogP contribution in [-0.2, 0) is 18.2 Å². The number of alkyl halides is 2. The summed E-state index contributed by atoms with van der Waals surface area (Å²) in [5.74, 6) is 0.966. The van der Waals surface area contributed by atoms with E-state index < -0.39 is 58.7 Å². The third kappa shape index (κ3) is 7.97. The van der Waals surface area contributed by atoms with Gasteiger partial charge in [-0.05, 0) is 0 Å². The summed E-state index contributed by atoms with van der Waals surface area (Å²) < 4.78 is 39.9. The monoisotopic (exact) mass is 737 g/mol. The number of amides is 1. The minimum absolute atomic E-state index is 0.0689. The van der Waals surface area contributed by atoms with Crippen molar-refractivity contribution in [3.8, 4) is 11.5 Å². The summed E-state index contributed by atoms with van der Waals surface area (Å²) in [6.07, 6.45) is -0.516. The van der Waals surface area contributed by atoms with Gasteiger partial charge in [-0.3, -0.25) is 0 Å². The van der Waals surface area contributed by atoms with Crippen LogP contribution in [0.2, 0.25) is 9.38 Å². The Balaban J connectivity index is 1.85. The molecule has 1 amide bonds. The first-order valence-electron chi connectivity index (χ1n) is 12.1. The van der Waals surface area contributed by atoms with E-state index in [2.05, 4.69) is 10.3 Å². The average molecular weight is 736 g/mol. The molecule has 3 rings (SSSR count). The molecule has 0 fully saturated rings. The van der Waals surface area contributed by atoms with Gasteiger partial charge in [0.25, 0.3) is 0 Å². The van der Waals surface area contributed by atoms with Gasteiger partial charge in [0.05, 0.1) is 0 Å². The third-order valence-corrected chi connectivity index (χ3v) is 22.8. The van der Waals surface area contributed by atoms with Crippen LogP contribution in [0.15, 0.2) is 53.4 Å². The first kappa shape index (κ1) is 29.5. The second-order valence-electron chi connectivity index (χ2n) is 9.39. The molecule has 2 radical (unpaired) electrons. The molecule has 0 bridgehead atoms. The Morgan fingerprint density at radius 3 is 2.44 bits per heavy atom. The molecular formula is C26H36INO6SSn. The summed E-state index contributed by atoms with van der Waals surface area (Å²) >= 11 is -3.35. The van der Waals surface area contributed by atoms with Crippen LogP contribution in [0.5, 0.6) is 11.5 Å². The number of ether oxygens (including phenoxy) is 2. The molecule has 1 heterocycles. The van der Waals surface area contributed by atoms with Crippen molar-refractivity contribution in [2.75, 3.05) is 15.6 Å². The van der Waals surface area contributed by atoms with E-state index in [1.165, 1.54) is 6.07 Å². The molecule has 2 aromatic carbocycles. The van der Waals surface area contributed by atoms with Crippen molar-refractivity contribution in [3.63, 3.8) is 0 Å². The molecule has 3 atom stereocenters. The number of hydrogen-bond acceptors (Lipinski definition) is 6. The molecule has 198 valence electrons. The predicted octanol–water partition coefficient (Wildman–Crippen LogP) is 4.16. The van der Waals surface area contributed by atoms with E-state index in [9.17, 15) is 18.3 Å². The number of carbonyl (C=O) groups is 1. The number of fused-ring (bicyclic) bond motifs is 1. The molecule has 0 spiro atoms. The number of aliphatic hydroxyl groups is 1. The fourth-order valence-corrected chi connectivity index (χ4v) is 19.5. The molecular weight excluding hydrogens is 700 g/mol. The Labute approximate surface area is 230 Å². The van der Waals surface area contributed by atoms with Crippen molar-refractivity contribution in [3.05, 3.63) is 54.1 Å². The fraction of sp³-hybridized carbons (Fsp3) is 0.500. The van der Waals surface area contributed by atoms with E-state index in [1.54, 1.807) is 12.1 Å². The molecule has 0 aliphatic carbocycles. The van der Waals surface area contributed by atoms with Gasteiger partial charge in [0.15, 0.2) is 0 Å². The Morgan fingerprint density at radius 2 is 1.78 bits per heavy atom. The number of hydrogen-bond donors (Lipinski definition) is 2. The van der Waals surface area contributed by atoms with E-state index in [-0.39, 0.29) is 33.9 Å². The van der Waals surface area contributed by atoms with E-state index in [0.29, 0.717) is 22.3 Å². The van der Waals surface area contributed by atoms with Gasteiger partial charge in [-0.2, -0.15) is 0 Å². The zero-order chi connectivity index (χ0) is 26.3. The number of halogens is 1. The molecule has 7 nitrogen and oxygen atoms in total. The molecule has 0 saturated heterocycles. The summed E-state index contributed by atoms with van der Waals surface area (Å²) in [5.41, 5.74) is 0.990. The molecule has 10 heteroatoms. The van der Waals surface area contributed by atoms with Gasteiger partial charge in [0.2, 0.25) is 0 Å². The first-order chi connectivity index (χ1) is 17.1. The molecule has 0 saturated carbocycles. The minimum atomic E-state index is -3.62. The van der Waals surface area contributed by atoms with Crippen LogP contribution in [0, 0.1) is 11.8 Å². The SMILES string of the molecule is [CH3][Sn][CH2][C@@H](C)C(=O)N[C@@H](Cc1ccccc1)[C@H](O)CI(CC(C)C)S(=O)(=O)c1ccc2c(c1)OCO2. The number of rotatable bonds is 13. The first-order valence-corrected chi connectivity index (χ1v) is 24.0. The standard InChI is InChI=1S/C25H33INO6S.CH3.Sn/c1-17(2)14-26(34(30,31)20-10-11-23-24(13-20)33-16-32-23)15-22(28)21(27-25(29)18(3)4)12-19-8-6-5-7-9-19;;/h5-11,13,17-18,21-22,28H,3,12,14-16H2,1-2,4H3,(H,27,29);1H3;/t18-,21-,22+;;/m0../s1. The van der Waals surface area contributed by atoms with Crippen LogP contribution in [0.25, 0.3) is 0 Å². The predicted molar refractivity (Wildman–Crippen MR) is 152 cm³/mol. The fourth-order valence-electron chi connectivity index (χ4n) is 3.89. The number of carbonyl (C=O) groups excluding carboxylic acids is 1. The zero-order valence-electron chi connectivity index (χ0n) is 21.2. The van der Waals surface area contributed by atoms with Gasteiger partial charge in [-0.15, -0.1) is 0 Å². The van der Waals surface area contributed by atoms with Crippen molar-refractivity contribution in [1.82, 2.24) is 5.32 Å². The van der Waals surface area contributed by atoms with E-state index in [4.69, 9.17) is 9.47 Å². The average Bonchev–Trinajstić information content (AvgIpc) is 3.31. The summed E-state index contributed by atoms with van der Waals surface area (Å²) in [5, 5.41) is 14.5. The van der Waals surface area contributed by atoms with E-state index in [0.717, 1.165) is 10.0 Å². The maximum absolute atomic E-state index is 13.8. The van der Waals surface area contributed by atoms with Crippen LogP contribution in [0.1, 0.15) is 26.3 Å². The molecule has 0 aromatic heterocycles. The third-order valence-electron chi connectivity index (χ3n) is 5.77. The van der Waals surface area contributed by atoms with Crippen molar-refractivity contribution in [2.24, 2.45) is 11.8 Å². The quantitative estimate of drug-likeness (QED) is 0.139. The number of nitrogens with one attached hydrogen (secondary N) is 1. The Kier molecular flexibility index (Phi) is 11.2. The van der Waals surface area contributed by atoms with Crippen LogP contribution in [0.3, 0.4) is 0 Å². The number of aliphatic hydroxyl groups excluding tert-OH is 1. The van der Waals surface area contributed by atoms with Crippen LogP contribution >= 0.6 is 18.4 Å². The van der Waals surface area contributed by atoms with Crippen LogP contribution in [0.4, 0.5) is 0 Å². The van der Waals surface area contributed by atoms with E-state index in [1.807, 2.05) is 51.1 Å². The van der Waals surface area contributed by atoms with E-state index >= 15 is 0 Å². The normalized spacial score (nSPS) is 15.9. The molecule has 1 aliphatic heterocycles. The van der Waals surface area contributed by atoms with Crippen molar-refractivity contribution < 1.29 is 27.8 Å². The summed E-state index contributed by atoms with van der Waals surface area (Å²) in [6.45, 7) is 6.01. The van der Waals surface area contributed by atoms with Gasteiger partial charge in [0, 0.05) is 0 Å².